The molecule has 7 heteroatoms. The molecular weight excluding hydrogens is 374 g/mol. The molecule has 1 aromatic heterocycles. The van der Waals surface area contributed by atoms with Gasteiger partial charge in [-0.3, -0.25) is 4.90 Å². The van der Waals surface area contributed by atoms with Crippen LogP contribution in [0, 0.1) is 0 Å². The molecule has 0 amide bonds. The maximum atomic E-state index is 6.29. The topological polar surface area (TPSA) is 47.1 Å². The van der Waals surface area contributed by atoms with E-state index in [0.717, 1.165) is 67.9 Å². The third kappa shape index (κ3) is 3.38. The van der Waals surface area contributed by atoms with Crippen molar-refractivity contribution in [3.05, 3.63) is 40.9 Å². The predicted molar refractivity (Wildman–Crippen MR) is 111 cm³/mol. The van der Waals surface area contributed by atoms with Crippen molar-refractivity contribution >= 4 is 22.5 Å². The van der Waals surface area contributed by atoms with Gasteiger partial charge in [0.1, 0.15) is 12.2 Å². The summed E-state index contributed by atoms with van der Waals surface area (Å²) in [6.45, 7) is 6.16. The summed E-state index contributed by atoms with van der Waals surface area (Å²) in [4.78, 5) is 9.33. The van der Waals surface area contributed by atoms with E-state index in [1.165, 1.54) is 5.57 Å². The minimum absolute atomic E-state index is 0.0822. The van der Waals surface area contributed by atoms with E-state index in [-0.39, 0.29) is 5.60 Å². The van der Waals surface area contributed by atoms with Crippen LogP contribution in [0.4, 0.5) is 5.13 Å². The van der Waals surface area contributed by atoms with E-state index in [1.54, 1.807) is 18.4 Å². The molecule has 3 aliphatic rings. The van der Waals surface area contributed by atoms with Crippen LogP contribution in [-0.2, 0) is 4.74 Å². The van der Waals surface area contributed by atoms with E-state index in [0.29, 0.717) is 6.61 Å². The van der Waals surface area contributed by atoms with Gasteiger partial charge in [0.25, 0.3) is 0 Å². The minimum Gasteiger partial charge on any atom is -0.493 e. The quantitative estimate of drug-likeness (QED) is 0.788. The summed E-state index contributed by atoms with van der Waals surface area (Å²) in [6.07, 6.45) is 5.18. The molecule has 0 bridgehead atoms. The summed E-state index contributed by atoms with van der Waals surface area (Å²) < 4.78 is 17.7. The van der Waals surface area contributed by atoms with Gasteiger partial charge < -0.3 is 19.1 Å². The molecule has 2 saturated heterocycles. The van der Waals surface area contributed by atoms with Crippen molar-refractivity contribution < 1.29 is 14.2 Å². The molecule has 1 aromatic carbocycles. The van der Waals surface area contributed by atoms with E-state index in [2.05, 4.69) is 26.9 Å². The van der Waals surface area contributed by atoms with Crippen LogP contribution < -0.4 is 14.4 Å². The Balaban J connectivity index is 1.27. The van der Waals surface area contributed by atoms with Crippen LogP contribution in [0.3, 0.4) is 0 Å². The molecule has 1 atom stereocenters. The van der Waals surface area contributed by atoms with E-state index in [4.69, 9.17) is 14.2 Å². The van der Waals surface area contributed by atoms with Crippen molar-refractivity contribution in [2.24, 2.45) is 0 Å². The van der Waals surface area contributed by atoms with E-state index >= 15 is 0 Å². The average molecular weight is 400 g/mol. The molecule has 148 valence electrons. The van der Waals surface area contributed by atoms with Crippen LogP contribution in [0.25, 0.3) is 6.08 Å². The molecule has 4 heterocycles. The standard InChI is InChI=1S/C21H25N3O3S/c1-25-18-4-2-3-17-11-16(13-26-19(17)18)12-23-8-9-27-21(14-23)5-7-24(15-21)20-22-6-10-28-20/h2-4,6,10-11H,5,7-9,12-15H2,1H3. The van der Waals surface area contributed by atoms with Gasteiger partial charge >= 0.3 is 0 Å². The molecule has 1 unspecified atom stereocenters. The van der Waals surface area contributed by atoms with E-state index in [9.17, 15) is 0 Å². The van der Waals surface area contributed by atoms with Gasteiger partial charge in [0.05, 0.1) is 20.3 Å². The molecule has 3 aliphatic heterocycles. The van der Waals surface area contributed by atoms with Crippen LogP contribution in [-0.4, -0.2) is 68.5 Å². The van der Waals surface area contributed by atoms with Crippen molar-refractivity contribution in [1.82, 2.24) is 9.88 Å². The SMILES string of the molecule is COc1cccc2c1OCC(CN1CCOC3(CCN(c4nccs4)C3)C1)=C2. The lowest BCUT2D eigenvalue weighted by molar-refractivity contribution is -0.0931. The first-order chi connectivity index (χ1) is 13.7. The van der Waals surface area contributed by atoms with Gasteiger partial charge in [-0.2, -0.15) is 0 Å². The predicted octanol–water partition coefficient (Wildman–Crippen LogP) is 2.91. The highest BCUT2D eigenvalue weighted by Crippen LogP contribution is 2.37. The Morgan fingerprint density at radius 1 is 1.29 bits per heavy atom. The number of hydrogen-bond acceptors (Lipinski definition) is 7. The highest BCUT2D eigenvalue weighted by molar-refractivity contribution is 7.13. The van der Waals surface area contributed by atoms with Crippen molar-refractivity contribution in [1.29, 1.82) is 0 Å². The smallest absolute Gasteiger partial charge is 0.185 e. The normalized spacial score (nSPS) is 24.8. The zero-order chi connectivity index (χ0) is 19.0. The first-order valence-corrected chi connectivity index (χ1v) is 10.6. The molecule has 2 fully saturated rings. The monoisotopic (exact) mass is 399 g/mol. The number of morpholine rings is 1. The second-order valence-electron chi connectivity index (χ2n) is 7.70. The summed E-state index contributed by atoms with van der Waals surface area (Å²) in [5.41, 5.74) is 2.31. The van der Waals surface area contributed by atoms with E-state index in [1.807, 2.05) is 23.7 Å². The Morgan fingerprint density at radius 3 is 3.11 bits per heavy atom. The van der Waals surface area contributed by atoms with Gasteiger partial charge in [0.2, 0.25) is 0 Å². The molecule has 6 nitrogen and oxygen atoms in total. The number of thiazole rings is 1. The molecule has 0 N–H and O–H groups in total. The maximum Gasteiger partial charge on any atom is 0.185 e. The van der Waals surface area contributed by atoms with Gasteiger partial charge in [0, 0.05) is 43.3 Å². The summed E-state index contributed by atoms with van der Waals surface area (Å²) in [5.74, 6) is 1.65. The first kappa shape index (κ1) is 18.0. The lowest BCUT2D eigenvalue weighted by Crippen LogP contribution is -2.53. The van der Waals surface area contributed by atoms with Crippen molar-refractivity contribution in [2.75, 3.05) is 57.9 Å². The van der Waals surface area contributed by atoms with Crippen LogP contribution in [0.1, 0.15) is 12.0 Å². The lowest BCUT2D eigenvalue weighted by atomic mass is 9.99. The van der Waals surface area contributed by atoms with Crippen LogP contribution >= 0.6 is 11.3 Å². The Bertz CT molecular complexity index is 870. The number of anilines is 1. The highest BCUT2D eigenvalue weighted by Gasteiger charge is 2.43. The minimum atomic E-state index is -0.0822. The fourth-order valence-corrected chi connectivity index (χ4v) is 5.12. The van der Waals surface area contributed by atoms with Crippen molar-refractivity contribution in [3.63, 3.8) is 0 Å². The Kier molecular flexibility index (Phi) is 4.74. The number of hydrogen-bond donors (Lipinski definition) is 0. The van der Waals surface area contributed by atoms with Gasteiger partial charge in [-0.15, -0.1) is 11.3 Å². The molecule has 2 aromatic rings. The second kappa shape index (κ2) is 7.39. The summed E-state index contributed by atoms with van der Waals surface area (Å²) in [5, 5.41) is 3.14. The number of methoxy groups -OCH3 is 1. The number of ether oxygens (including phenoxy) is 3. The van der Waals surface area contributed by atoms with Gasteiger partial charge in [-0.25, -0.2) is 4.98 Å². The first-order valence-electron chi connectivity index (χ1n) is 9.75. The zero-order valence-electron chi connectivity index (χ0n) is 16.1. The number of aromatic nitrogens is 1. The summed E-state index contributed by atoms with van der Waals surface area (Å²) in [6, 6.07) is 6.04. The van der Waals surface area contributed by atoms with Gasteiger partial charge in [-0.05, 0) is 24.1 Å². The number of para-hydroxylation sites is 1. The number of benzene rings is 1. The lowest BCUT2D eigenvalue weighted by Gasteiger charge is -2.40. The maximum absolute atomic E-state index is 6.29. The molecule has 5 rings (SSSR count). The average Bonchev–Trinajstić information content (AvgIpc) is 3.38. The number of nitrogens with zero attached hydrogens (tertiary/aromatic N) is 3. The van der Waals surface area contributed by atoms with Crippen LogP contribution in [0.5, 0.6) is 11.5 Å². The van der Waals surface area contributed by atoms with Crippen molar-refractivity contribution in [2.45, 2.75) is 12.0 Å². The fraction of sp³-hybridized carbons (Fsp3) is 0.476. The Hall–Kier alpha value is -2.09. The zero-order valence-corrected chi connectivity index (χ0v) is 16.9. The molecule has 0 saturated carbocycles. The van der Waals surface area contributed by atoms with Crippen LogP contribution in [0.15, 0.2) is 35.3 Å². The molecule has 1 spiro atoms. The number of fused-ring (bicyclic) bond motifs is 1. The highest BCUT2D eigenvalue weighted by atomic mass is 32.1. The van der Waals surface area contributed by atoms with Crippen molar-refractivity contribution in [3.8, 4) is 11.5 Å². The van der Waals surface area contributed by atoms with Crippen LogP contribution in [0.2, 0.25) is 0 Å². The molecule has 0 radical (unpaired) electrons. The third-order valence-corrected chi connectivity index (χ3v) is 6.58. The van der Waals surface area contributed by atoms with Gasteiger partial charge in [-0.1, -0.05) is 12.1 Å². The largest absolute Gasteiger partial charge is 0.493 e. The summed E-state index contributed by atoms with van der Waals surface area (Å²) >= 11 is 1.70. The third-order valence-electron chi connectivity index (χ3n) is 5.75. The molecule has 28 heavy (non-hydrogen) atoms. The Labute approximate surface area is 169 Å². The Morgan fingerprint density at radius 2 is 2.25 bits per heavy atom. The fourth-order valence-electron chi connectivity index (χ4n) is 4.45. The van der Waals surface area contributed by atoms with E-state index < -0.39 is 0 Å². The van der Waals surface area contributed by atoms with Gasteiger partial charge in [0.15, 0.2) is 16.6 Å². The second-order valence-corrected chi connectivity index (χ2v) is 8.57. The molecular formula is C21H25N3O3S. The number of rotatable bonds is 4. The molecule has 0 aliphatic carbocycles. The summed E-state index contributed by atoms with van der Waals surface area (Å²) in [7, 11) is 1.68.